The normalized spacial score (nSPS) is 11.1. The predicted octanol–water partition coefficient (Wildman–Crippen LogP) is 12.5. The Morgan fingerprint density at radius 1 is 0.289 bits per heavy atom. The number of hydrogen-bond acceptors (Lipinski definition) is 1. The van der Waals surface area contributed by atoms with Crippen LogP contribution in [0.1, 0.15) is 0 Å². The van der Waals surface area contributed by atoms with Gasteiger partial charge in [0.05, 0.1) is 5.69 Å². The fourth-order valence-corrected chi connectivity index (χ4v) is 6.59. The van der Waals surface area contributed by atoms with Crippen molar-refractivity contribution in [2.45, 2.75) is 0 Å². The summed E-state index contributed by atoms with van der Waals surface area (Å²) in [5, 5.41) is 5.01. The third-order valence-electron chi connectivity index (χ3n) is 8.67. The van der Waals surface area contributed by atoms with Crippen molar-refractivity contribution in [3.8, 4) is 33.4 Å². The van der Waals surface area contributed by atoms with Gasteiger partial charge in [0, 0.05) is 16.9 Å². The molecule has 8 aromatic rings. The summed E-state index contributed by atoms with van der Waals surface area (Å²) in [7, 11) is 0. The Balaban J connectivity index is 1.31. The molecule has 0 aliphatic rings. The molecule has 1 nitrogen and oxygen atoms in total. The fraction of sp³-hybridized carbons (Fsp3) is 0. The van der Waals surface area contributed by atoms with Gasteiger partial charge in [0.2, 0.25) is 0 Å². The molecule has 0 saturated carbocycles. The predicted molar refractivity (Wildman–Crippen MR) is 192 cm³/mol. The van der Waals surface area contributed by atoms with Crippen molar-refractivity contribution >= 4 is 38.6 Å². The fourth-order valence-electron chi connectivity index (χ4n) is 6.59. The van der Waals surface area contributed by atoms with Gasteiger partial charge in [0.25, 0.3) is 0 Å². The summed E-state index contributed by atoms with van der Waals surface area (Å²) in [6.45, 7) is 0. The van der Waals surface area contributed by atoms with Crippen LogP contribution in [0.25, 0.3) is 54.9 Å². The summed E-state index contributed by atoms with van der Waals surface area (Å²) in [4.78, 5) is 2.38. The zero-order valence-electron chi connectivity index (χ0n) is 24.8. The molecular weight excluding hydrogens is 542 g/mol. The van der Waals surface area contributed by atoms with E-state index >= 15 is 0 Å². The summed E-state index contributed by atoms with van der Waals surface area (Å²) >= 11 is 0. The first kappa shape index (κ1) is 26.7. The first-order valence-corrected chi connectivity index (χ1v) is 15.5. The molecular formula is C44H31N. The zero-order valence-corrected chi connectivity index (χ0v) is 24.8. The smallest absolute Gasteiger partial charge is 0.0540 e. The molecule has 0 aliphatic heterocycles. The quantitative estimate of drug-likeness (QED) is 0.191. The number of anilines is 3. The Morgan fingerprint density at radius 2 is 0.800 bits per heavy atom. The average Bonchev–Trinajstić information content (AvgIpc) is 3.12. The highest BCUT2D eigenvalue weighted by molar-refractivity contribution is 6.08. The zero-order chi connectivity index (χ0) is 30.0. The first-order valence-electron chi connectivity index (χ1n) is 15.5. The third kappa shape index (κ3) is 4.95. The summed E-state index contributed by atoms with van der Waals surface area (Å²) < 4.78 is 0. The highest BCUT2D eigenvalue weighted by Crippen LogP contribution is 2.45. The molecule has 0 saturated heterocycles. The van der Waals surface area contributed by atoms with E-state index in [0.717, 1.165) is 17.1 Å². The molecule has 0 spiro atoms. The lowest BCUT2D eigenvalue weighted by Crippen LogP contribution is -2.11. The molecule has 0 bridgehead atoms. The van der Waals surface area contributed by atoms with Crippen LogP contribution in [0.2, 0.25) is 0 Å². The van der Waals surface area contributed by atoms with Crippen molar-refractivity contribution in [2.75, 3.05) is 4.90 Å². The van der Waals surface area contributed by atoms with E-state index in [1.165, 1.54) is 54.9 Å². The van der Waals surface area contributed by atoms with Crippen LogP contribution in [-0.2, 0) is 0 Å². The molecule has 0 unspecified atom stereocenters. The number of para-hydroxylation sites is 2. The molecule has 0 radical (unpaired) electrons. The summed E-state index contributed by atoms with van der Waals surface area (Å²) in [6.07, 6.45) is 0. The minimum Gasteiger partial charge on any atom is -0.310 e. The van der Waals surface area contributed by atoms with Crippen LogP contribution in [0.3, 0.4) is 0 Å². The van der Waals surface area contributed by atoms with E-state index in [-0.39, 0.29) is 0 Å². The third-order valence-corrected chi connectivity index (χ3v) is 8.67. The molecule has 0 fully saturated rings. The van der Waals surface area contributed by atoms with Gasteiger partial charge < -0.3 is 4.90 Å². The van der Waals surface area contributed by atoms with Gasteiger partial charge in [-0.25, -0.2) is 0 Å². The van der Waals surface area contributed by atoms with Gasteiger partial charge in [0.15, 0.2) is 0 Å². The lowest BCUT2D eigenvalue weighted by atomic mass is 9.90. The highest BCUT2D eigenvalue weighted by atomic mass is 15.1. The molecule has 0 atom stereocenters. The molecule has 8 rings (SSSR count). The van der Waals surface area contributed by atoms with Gasteiger partial charge >= 0.3 is 0 Å². The molecule has 0 amide bonds. The van der Waals surface area contributed by atoms with Crippen molar-refractivity contribution < 1.29 is 0 Å². The van der Waals surface area contributed by atoms with Gasteiger partial charge in [-0.1, -0.05) is 158 Å². The van der Waals surface area contributed by atoms with Crippen molar-refractivity contribution in [3.05, 3.63) is 188 Å². The van der Waals surface area contributed by atoms with Crippen LogP contribution < -0.4 is 4.90 Å². The van der Waals surface area contributed by atoms with E-state index in [4.69, 9.17) is 0 Å². The molecule has 0 aliphatic carbocycles. The van der Waals surface area contributed by atoms with Crippen molar-refractivity contribution in [1.82, 2.24) is 0 Å². The van der Waals surface area contributed by atoms with Crippen LogP contribution in [0.4, 0.5) is 17.1 Å². The minimum atomic E-state index is 1.11. The van der Waals surface area contributed by atoms with Gasteiger partial charge in [-0.05, 0) is 79.7 Å². The SMILES string of the molecule is c1ccc(-c2cccc3cccc(-c4ccccc4N(c4ccccc4)c4ccc(-c5cccc6ccccc56)cc4)c23)cc1. The minimum absolute atomic E-state index is 1.11. The van der Waals surface area contributed by atoms with Crippen molar-refractivity contribution in [2.24, 2.45) is 0 Å². The second-order valence-electron chi connectivity index (χ2n) is 11.3. The molecule has 0 heterocycles. The van der Waals surface area contributed by atoms with Crippen LogP contribution in [0.15, 0.2) is 188 Å². The summed E-state index contributed by atoms with van der Waals surface area (Å²) in [5.41, 5.74) is 10.7. The van der Waals surface area contributed by atoms with Crippen LogP contribution in [0, 0.1) is 0 Å². The largest absolute Gasteiger partial charge is 0.310 e. The molecule has 212 valence electrons. The Morgan fingerprint density at radius 3 is 1.58 bits per heavy atom. The Hall–Kier alpha value is -5.92. The van der Waals surface area contributed by atoms with Gasteiger partial charge in [0.1, 0.15) is 0 Å². The summed E-state index contributed by atoms with van der Waals surface area (Å²) in [6, 6.07) is 67.6. The number of benzene rings is 8. The van der Waals surface area contributed by atoms with E-state index in [2.05, 4.69) is 193 Å². The van der Waals surface area contributed by atoms with Crippen molar-refractivity contribution in [1.29, 1.82) is 0 Å². The van der Waals surface area contributed by atoms with Gasteiger partial charge in [-0.15, -0.1) is 0 Å². The average molecular weight is 574 g/mol. The lowest BCUT2D eigenvalue weighted by Gasteiger charge is -2.28. The van der Waals surface area contributed by atoms with Gasteiger partial charge in [-0.3, -0.25) is 0 Å². The number of fused-ring (bicyclic) bond motifs is 2. The highest BCUT2D eigenvalue weighted by Gasteiger charge is 2.19. The maximum Gasteiger partial charge on any atom is 0.0540 e. The summed E-state index contributed by atoms with van der Waals surface area (Å²) in [5.74, 6) is 0. The number of nitrogens with zero attached hydrogens (tertiary/aromatic N) is 1. The monoisotopic (exact) mass is 573 g/mol. The topological polar surface area (TPSA) is 3.24 Å². The van der Waals surface area contributed by atoms with E-state index < -0.39 is 0 Å². The maximum absolute atomic E-state index is 2.38. The van der Waals surface area contributed by atoms with Crippen molar-refractivity contribution in [3.63, 3.8) is 0 Å². The lowest BCUT2D eigenvalue weighted by molar-refractivity contribution is 1.28. The number of rotatable bonds is 6. The van der Waals surface area contributed by atoms with Crippen LogP contribution in [0.5, 0.6) is 0 Å². The molecule has 8 aromatic carbocycles. The Labute approximate surface area is 264 Å². The Bertz CT molecular complexity index is 2240. The first-order chi connectivity index (χ1) is 22.3. The molecule has 45 heavy (non-hydrogen) atoms. The second kappa shape index (κ2) is 11.6. The molecule has 0 N–H and O–H groups in total. The molecule has 0 aromatic heterocycles. The maximum atomic E-state index is 2.38. The van der Waals surface area contributed by atoms with Gasteiger partial charge in [-0.2, -0.15) is 0 Å². The van der Waals surface area contributed by atoms with Crippen LogP contribution >= 0.6 is 0 Å². The van der Waals surface area contributed by atoms with E-state index in [1.54, 1.807) is 0 Å². The van der Waals surface area contributed by atoms with E-state index in [9.17, 15) is 0 Å². The standard InChI is InChI=1S/C44H31N/c1-3-14-33(15-4-1)40-25-12-18-35-19-13-26-42(44(35)40)41-23-9-10-27-43(41)45(36-20-5-2-6-21-36)37-30-28-34(29-31-37)39-24-11-17-32-16-7-8-22-38(32)39/h1-31H. The molecule has 1 heteroatoms. The van der Waals surface area contributed by atoms with E-state index in [0.29, 0.717) is 0 Å². The number of hydrogen-bond donors (Lipinski definition) is 0. The second-order valence-corrected chi connectivity index (χ2v) is 11.3. The van der Waals surface area contributed by atoms with Crippen LogP contribution in [-0.4, -0.2) is 0 Å². The Kier molecular flexibility index (Phi) is 6.90. The van der Waals surface area contributed by atoms with E-state index in [1.807, 2.05) is 0 Å².